The molecule has 5 nitrogen and oxygen atoms in total. The van der Waals surface area contributed by atoms with E-state index in [0.717, 1.165) is 16.9 Å². The predicted octanol–water partition coefficient (Wildman–Crippen LogP) is 3.67. The van der Waals surface area contributed by atoms with Gasteiger partial charge in [0.1, 0.15) is 11.6 Å². The first kappa shape index (κ1) is 14.7. The Bertz CT molecular complexity index is 819. The molecule has 2 aromatic heterocycles. The van der Waals surface area contributed by atoms with Crippen LogP contribution in [0, 0.1) is 0 Å². The number of nitrogens with zero attached hydrogens (tertiary/aromatic N) is 2. The molecule has 0 saturated carbocycles. The molecule has 0 bridgehead atoms. The van der Waals surface area contributed by atoms with Gasteiger partial charge in [-0.3, -0.25) is 0 Å². The number of methoxy groups -OCH3 is 1. The normalized spacial score (nSPS) is 10.1. The van der Waals surface area contributed by atoms with Crippen LogP contribution in [0.2, 0.25) is 0 Å². The van der Waals surface area contributed by atoms with Crippen LogP contribution in [-0.4, -0.2) is 23.0 Å². The van der Waals surface area contributed by atoms with E-state index in [1.54, 1.807) is 24.5 Å². The van der Waals surface area contributed by atoms with Crippen molar-refractivity contribution in [1.82, 2.24) is 9.97 Å². The maximum atomic E-state index is 11.6. The molecule has 3 rings (SSSR count). The number of hydrogen-bond acceptors (Lipinski definition) is 5. The lowest BCUT2D eigenvalue weighted by Crippen LogP contribution is -2.01. The fourth-order valence-electron chi connectivity index (χ4n) is 2.19. The zero-order chi connectivity index (χ0) is 16.1. The number of aromatic nitrogens is 2. The average molecular weight is 305 g/mol. The molecular weight excluding hydrogens is 290 g/mol. The second-order valence-electron chi connectivity index (χ2n) is 4.84. The Morgan fingerprint density at radius 1 is 0.913 bits per heavy atom. The highest BCUT2D eigenvalue weighted by Crippen LogP contribution is 2.23. The first-order valence-electron chi connectivity index (χ1n) is 7.09. The SMILES string of the molecule is COC(=O)c1cccc(-c2ccnc(Nc3ccccn3)c2)c1. The average Bonchev–Trinajstić information content (AvgIpc) is 2.62. The summed E-state index contributed by atoms with van der Waals surface area (Å²) in [6.45, 7) is 0. The van der Waals surface area contributed by atoms with E-state index in [1.165, 1.54) is 7.11 Å². The van der Waals surface area contributed by atoms with E-state index in [-0.39, 0.29) is 5.97 Å². The summed E-state index contributed by atoms with van der Waals surface area (Å²) < 4.78 is 4.76. The molecule has 1 aromatic carbocycles. The monoisotopic (exact) mass is 305 g/mol. The maximum absolute atomic E-state index is 11.6. The summed E-state index contributed by atoms with van der Waals surface area (Å²) in [4.78, 5) is 20.2. The van der Waals surface area contributed by atoms with E-state index in [1.807, 2.05) is 42.5 Å². The second kappa shape index (κ2) is 6.70. The number of carbonyl (C=O) groups is 1. The van der Waals surface area contributed by atoms with Crippen molar-refractivity contribution in [2.24, 2.45) is 0 Å². The number of pyridine rings is 2. The fourth-order valence-corrected chi connectivity index (χ4v) is 2.19. The highest BCUT2D eigenvalue weighted by atomic mass is 16.5. The summed E-state index contributed by atoms with van der Waals surface area (Å²) in [5, 5.41) is 3.15. The van der Waals surface area contributed by atoms with Crippen LogP contribution >= 0.6 is 0 Å². The van der Waals surface area contributed by atoms with Crippen LogP contribution in [0.25, 0.3) is 11.1 Å². The van der Waals surface area contributed by atoms with Crippen molar-refractivity contribution in [3.05, 3.63) is 72.6 Å². The molecule has 0 atom stereocenters. The number of ether oxygens (including phenoxy) is 1. The van der Waals surface area contributed by atoms with Crippen LogP contribution in [0.1, 0.15) is 10.4 Å². The molecule has 23 heavy (non-hydrogen) atoms. The lowest BCUT2D eigenvalue weighted by Gasteiger charge is -2.08. The van der Waals surface area contributed by atoms with Crippen molar-refractivity contribution in [1.29, 1.82) is 0 Å². The van der Waals surface area contributed by atoms with Gasteiger partial charge in [-0.05, 0) is 47.5 Å². The number of carbonyl (C=O) groups excluding carboxylic acids is 1. The molecule has 0 radical (unpaired) electrons. The molecule has 5 heteroatoms. The molecule has 114 valence electrons. The quantitative estimate of drug-likeness (QED) is 0.745. The summed E-state index contributed by atoms with van der Waals surface area (Å²) in [5.74, 6) is 1.05. The second-order valence-corrected chi connectivity index (χ2v) is 4.84. The third-order valence-electron chi connectivity index (χ3n) is 3.30. The van der Waals surface area contributed by atoms with Gasteiger partial charge in [-0.25, -0.2) is 14.8 Å². The van der Waals surface area contributed by atoms with Crippen molar-refractivity contribution in [2.45, 2.75) is 0 Å². The van der Waals surface area contributed by atoms with E-state index < -0.39 is 0 Å². The summed E-state index contributed by atoms with van der Waals surface area (Å²) >= 11 is 0. The topological polar surface area (TPSA) is 64.1 Å². The minimum absolute atomic E-state index is 0.354. The minimum Gasteiger partial charge on any atom is -0.465 e. The number of esters is 1. The number of nitrogens with one attached hydrogen (secondary N) is 1. The van der Waals surface area contributed by atoms with Crippen LogP contribution in [0.3, 0.4) is 0 Å². The Morgan fingerprint density at radius 2 is 1.74 bits per heavy atom. The third-order valence-corrected chi connectivity index (χ3v) is 3.30. The maximum Gasteiger partial charge on any atom is 0.337 e. The molecule has 0 saturated heterocycles. The molecule has 1 N–H and O–H groups in total. The van der Waals surface area contributed by atoms with E-state index in [9.17, 15) is 4.79 Å². The van der Waals surface area contributed by atoms with Crippen LogP contribution in [0.4, 0.5) is 11.6 Å². The van der Waals surface area contributed by atoms with E-state index >= 15 is 0 Å². The highest BCUT2D eigenvalue weighted by Gasteiger charge is 2.07. The van der Waals surface area contributed by atoms with Gasteiger partial charge in [0.05, 0.1) is 12.7 Å². The van der Waals surface area contributed by atoms with Gasteiger partial charge < -0.3 is 10.1 Å². The number of anilines is 2. The van der Waals surface area contributed by atoms with Crippen molar-refractivity contribution in [2.75, 3.05) is 12.4 Å². The van der Waals surface area contributed by atoms with Gasteiger partial charge in [0.25, 0.3) is 0 Å². The molecule has 0 amide bonds. The van der Waals surface area contributed by atoms with Gasteiger partial charge >= 0.3 is 5.97 Å². The first-order valence-corrected chi connectivity index (χ1v) is 7.09. The predicted molar refractivity (Wildman–Crippen MR) is 88.5 cm³/mol. The summed E-state index contributed by atoms with van der Waals surface area (Å²) in [5.41, 5.74) is 2.38. The Hall–Kier alpha value is -3.21. The van der Waals surface area contributed by atoms with Gasteiger partial charge in [-0.1, -0.05) is 18.2 Å². The molecule has 0 aliphatic heterocycles. The van der Waals surface area contributed by atoms with Crippen molar-refractivity contribution in [3.8, 4) is 11.1 Å². The molecule has 0 spiro atoms. The highest BCUT2D eigenvalue weighted by molar-refractivity contribution is 5.91. The largest absolute Gasteiger partial charge is 0.465 e. The number of hydrogen-bond donors (Lipinski definition) is 1. The van der Waals surface area contributed by atoms with Gasteiger partial charge in [0, 0.05) is 12.4 Å². The zero-order valence-corrected chi connectivity index (χ0v) is 12.6. The van der Waals surface area contributed by atoms with Crippen molar-refractivity contribution in [3.63, 3.8) is 0 Å². The van der Waals surface area contributed by atoms with Gasteiger partial charge in [0.15, 0.2) is 0 Å². The van der Waals surface area contributed by atoms with Crippen LogP contribution in [0.15, 0.2) is 67.0 Å². The van der Waals surface area contributed by atoms with Crippen molar-refractivity contribution < 1.29 is 9.53 Å². The van der Waals surface area contributed by atoms with Crippen LogP contribution in [-0.2, 0) is 4.74 Å². The lowest BCUT2D eigenvalue weighted by atomic mass is 10.0. The summed E-state index contributed by atoms with van der Waals surface area (Å²) in [7, 11) is 1.37. The Balaban J connectivity index is 1.89. The first-order chi connectivity index (χ1) is 11.3. The number of benzene rings is 1. The van der Waals surface area contributed by atoms with Crippen molar-refractivity contribution >= 4 is 17.6 Å². The van der Waals surface area contributed by atoms with Crippen LogP contribution < -0.4 is 5.32 Å². The number of rotatable bonds is 4. The summed E-state index contributed by atoms with van der Waals surface area (Å²) in [6.07, 6.45) is 3.43. The van der Waals surface area contributed by atoms with E-state index in [2.05, 4.69) is 15.3 Å². The molecule has 0 aliphatic rings. The Morgan fingerprint density at radius 3 is 2.52 bits per heavy atom. The van der Waals surface area contributed by atoms with E-state index in [4.69, 9.17) is 4.74 Å². The lowest BCUT2D eigenvalue weighted by molar-refractivity contribution is 0.0601. The summed E-state index contributed by atoms with van der Waals surface area (Å²) in [6, 6.07) is 16.7. The minimum atomic E-state index is -0.354. The molecule has 0 fully saturated rings. The van der Waals surface area contributed by atoms with Crippen LogP contribution in [0.5, 0.6) is 0 Å². The molecule has 3 aromatic rings. The molecule has 2 heterocycles. The Kier molecular flexibility index (Phi) is 4.29. The fraction of sp³-hybridized carbons (Fsp3) is 0.0556. The molecule has 0 unspecified atom stereocenters. The standard InChI is InChI=1S/C18H15N3O2/c1-23-18(22)15-6-4-5-13(11-15)14-8-10-20-17(12-14)21-16-7-2-3-9-19-16/h2-12H,1H3,(H,19,20,21). The van der Waals surface area contributed by atoms with Gasteiger partial charge in [-0.15, -0.1) is 0 Å². The van der Waals surface area contributed by atoms with Gasteiger partial charge in [-0.2, -0.15) is 0 Å². The smallest absolute Gasteiger partial charge is 0.337 e. The Labute approximate surface area is 134 Å². The van der Waals surface area contributed by atoms with E-state index in [0.29, 0.717) is 11.4 Å². The zero-order valence-electron chi connectivity index (χ0n) is 12.6. The third kappa shape index (κ3) is 3.52. The molecule has 0 aliphatic carbocycles. The molecular formula is C18H15N3O2. The van der Waals surface area contributed by atoms with Gasteiger partial charge in [0.2, 0.25) is 0 Å².